The molecular formula is C25H52O10. The first kappa shape index (κ1) is 34.6. The van der Waals surface area contributed by atoms with Gasteiger partial charge in [0.2, 0.25) is 0 Å². The summed E-state index contributed by atoms with van der Waals surface area (Å²) >= 11 is 0. The van der Waals surface area contributed by atoms with Crippen molar-refractivity contribution in [1.29, 1.82) is 0 Å². The monoisotopic (exact) mass is 512 g/mol. The molecule has 0 saturated carbocycles. The van der Waals surface area contributed by atoms with Crippen LogP contribution in [0.1, 0.15) is 48.5 Å². The predicted octanol–water partition coefficient (Wildman–Crippen LogP) is 1.82. The molecule has 0 spiro atoms. The van der Waals surface area contributed by atoms with E-state index in [1.807, 2.05) is 48.5 Å². The van der Waals surface area contributed by atoms with Crippen LogP contribution >= 0.6 is 0 Å². The van der Waals surface area contributed by atoms with Crippen molar-refractivity contribution >= 4 is 0 Å². The normalized spacial score (nSPS) is 19.0. The molecule has 0 aliphatic heterocycles. The predicted molar refractivity (Wildman–Crippen MR) is 133 cm³/mol. The number of rotatable bonds is 24. The van der Waals surface area contributed by atoms with Gasteiger partial charge in [0.1, 0.15) is 6.10 Å². The van der Waals surface area contributed by atoms with E-state index in [0.717, 1.165) is 0 Å². The van der Waals surface area contributed by atoms with Crippen molar-refractivity contribution < 1.29 is 48.1 Å². The highest BCUT2D eigenvalue weighted by Crippen LogP contribution is 2.05. The van der Waals surface area contributed by atoms with Gasteiger partial charge in [0, 0.05) is 7.11 Å². The van der Waals surface area contributed by atoms with Crippen molar-refractivity contribution in [1.82, 2.24) is 0 Å². The third-order valence-electron chi connectivity index (χ3n) is 4.88. The molecule has 0 aliphatic rings. The van der Waals surface area contributed by atoms with Crippen LogP contribution in [0.2, 0.25) is 0 Å². The van der Waals surface area contributed by atoms with Gasteiger partial charge < -0.3 is 48.1 Å². The average Bonchev–Trinajstić information content (AvgIpc) is 2.84. The Morgan fingerprint density at radius 3 is 0.943 bits per heavy atom. The fraction of sp³-hybridized carbons (Fsp3) is 1.00. The molecule has 8 unspecified atom stereocenters. The van der Waals surface area contributed by atoms with E-state index in [1.165, 1.54) is 7.11 Å². The van der Waals surface area contributed by atoms with Crippen molar-refractivity contribution in [2.45, 2.75) is 97.3 Å². The maximum absolute atomic E-state index is 9.61. The van der Waals surface area contributed by atoms with Crippen molar-refractivity contribution in [2.75, 3.05) is 66.6 Å². The van der Waals surface area contributed by atoms with Crippen LogP contribution in [0.5, 0.6) is 0 Å². The summed E-state index contributed by atoms with van der Waals surface area (Å²) in [4.78, 5) is 0. The fourth-order valence-electron chi connectivity index (χ4n) is 2.66. The maximum atomic E-state index is 9.61. The lowest BCUT2D eigenvalue weighted by molar-refractivity contribution is -0.109. The summed E-state index contributed by atoms with van der Waals surface area (Å²) in [5.41, 5.74) is 0. The Morgan fingerprint density at radius 1 is 0.429 bits per heavy atom. The average molecular weight is 513 g/mol. The summed E-state index contributed by atoms with van der Waals surface area (Å²) in [6, 6.07) is 0. The van der Waals surface area contributed by atoms with Crippen LogP contribution in [0.3, 0.4) is 0 Å². The van der Waals surface area contributed by atoms with Crippen LogP contribution in [0.15, 0.2) is 0 Å². The number of aliphatic hydroxyl groups is 2. The first-order valence-electron chi connectivity index (χ1n) is 12.7. The molecule has 0 bridgehead atoms. The summed E-state index contributed by atoms with van der Waals surface area (Å²) in [5.74, 6) is 0. The molecule has 35 heavy (non-hydrogen) atoms. The molecule has 8 atom stereocenters. The standard InChI is InChI=1S/C25H52O10/c1-18(9-26)29-10-19(2)30-11-20(3)31-12-21(4)32-13-22(5)33-14-23(6)34-15-24(7)35-17-25(27)16-28-8/h18-27H,9-17H2,1-8H3. The van der Waals surface area contributed by atoms with E-state index >= 15 is 0 Å². The molecule has 0 amide bonds. The van der Waals surface area contributed by atoms with E-state index in [1.54, 1.807) is 0 Å². The molecule has 10 nitrogen and oxygen atoms in total. The van der Waals surface area contributed by atoms with E-state index in [4.69, 9.17) is 43.0 Å². The molecular weight excluding hydrogens is 460 g/mol. The van der Waals surface area contributed by atoms with E-state index in [-0.39, 0.29) is 62.5 Å². The summed E-state index contributed by atoms with van der Waals surface area (Å²) in [6.07, 6.45) is -1.34. The summed E-state index contributed by atoms with van der Waals surface area (Å²) in [6.45, 7) is 16.6. The Kier molecular flexibility index (Phi) is 21.4. The zero-order valence-electron chi connectivity index (χ0n) is 23.1. The SMILES string of the molecule is COCC(O)COC(C)COC(C)COC(C)COC(C)COC(C)COC(C)COC(C)CO. The number of methoxy groups -OCH3 is 1. The van der Waals surface area contributed by atoms with Gasteiger partial charge >= 0.3 is 0 Å². The Hall–Kier alpha value is -0.400. The van der Waals surface area contributed by atoms with E-state index < -0.39 is 6.10 Å². The molecule has 0 heterocycles. The van der Waals surface area contributed by atoms with Crippen LogP contribution in [0.25, 0.3) is 0 Å². The number of hydrogen-bond acceptors (Lipinski definition) is 10. The third kappa shape index (κ3) is 21.4. The highest BCUT2D eigenvalue weighted by Gasteiger charge is 2.14. The Labute approximate surface area is 212 Å². The molecule has 0 fully saturated rings. The molecule has 0 aliphatic carbocycles. The van der Waals surface area contributed by atoms with Gasteiger partial charge in [0.25, 0.3) is 0 Å². The highest BCUT2D eigenvalue weighted by atomic mass is 16.6. The zero-order chi connectivity index (χ0) is 26.6. The van der Waals surface area contributed by atoms with Crippen molar-refractivity contribution in [3.63, 3.8) is 0 Å². The number of ether oxygens (including phenoxy) is 8. The lowest BCUT2D eigenvalue weighted by atomic mass is 10.3. The van der Waals surface area contributed by atoms with Gasteiger partial charge in [-0.05, 0) is 48.5 Å². The maximum Gasteiger partial charge on any atom is 0.101 e. The summed E-state index contributed by atoms with van der Waals surface area (Å²) in [5, 5.41) is 18.6. The van der Waals surface area contributed by atoms with E-state index in [2.05, 4.69) is 0 Å². The van der Waals surface area contributed by atoms with Crippen LogP contribution in [0.4, 0.5) is 0 Å². The van der Waals surface area contributed by atoms with Gasteiger partial charge in [0.15, 0.2) is 0 Å². The van der Waals surface area contributed by atoms with Crippen LogP contribution in [0, 0.1) is 0 Å². The van der Waals surface area contributed by atoms with Gasteiger partial charge in [-0.3, -0.25) is 0 Å². The smallest absolute Gasteiger partial charge is 0.101 e. The van der Waals surface area contributed by atoms with Gasteiger partial charge in [-0.1, -0.05) is 0 Å². The molecule has 10 heteroatoms. The topological polar surface area (TPSA) is 114 Å². The minimum atomic E-state index is -0.635. The van der Waals surface area contributed by atoms with Crippen molar-refractivity contribution in [3.05, 3.63) is 0 Å². The van der Waals surface area contributed by atoms with Crippen molar-refractivity contribution in [3.8, 4) is 0 Å². The largest absolute Gasteiger partial charge is 0.394 e. The second kappa shape index (κ2) is 21.7. The van der Waals surface area contributed by atoms with Crippen molar-refractivity contribution in [2.24, 2.45) is 0 Å². The first-order valence-corrected chi connectivity index (χ1v) is 12.7. The minimum absolute atomic E-state index is 0.00222. The lowest BCUT2D eigenvalue weighted by Gasteiger charge is -2.23. The van der Waals surface area contributed by atoms with E-state index in [0.29, 0.717) is 39.6 Å². The Morgan fingerprint density at radius 2 is 0.686 bits per heavy atom. The second-order valence-electron chi connectivity index (χ2n) is 9.30. The molecule has 0 aromatic heterocycles. The lowest BCUT2D eigenvalue weighted by Crippen LogP contribution is -2.30. The Bertz CT molecular complexity index is 470. The first-order chi connectivity index (χ1) is 16.6. The Balaban J connectivity index is 3.83. The number of hydrogen-bond donors (Lipinski definition) is 2. The summed E-state index contributed by atoms with van der Waals surface area (Å²) in [7, 11) is 1.54. The van der Waals surface area contributed by atoms with Crippen LogP contribution in [-0.2, 0) is 37.9 Å². The van der Waals surface area contributed by atoms with Crippen LogP contribution in [-0.4, -0.2) is 126 Å². The minimum Gasteiger partial charge on any atom is -0.394 e. The van der Waals surface area contributed by atoms with Gasteiger partial charge in [-0.2, -0.15) is 0 Å². The zero-order valence-corrected chi connectivity index (χ0v) is 23.1. The third-order valence-corrected chi connectivity index (χ3v) is 4.88. The van der Waals surface area contributed by atoms with Gasteiger partial charge in [-0.15, -0.1) is 0 Å². The molecule has 0 radical (unpaired) electrons. The summed E-state index contributed by atoms with van der Waals surface area (Å²) < 4.78 is 44.8. The molecule has 0 aromatic carbocycles. The van der Waals surface area contributed by atoms with Gasteiger partial charge in [-0.25, -0.2) is 0 Å². The highest BCUT2D eigenvalue weighted by molar-refractivity contribution is 4.59. The molecule has 0 rings (SSSR count). The molecule has 2 N–H and O–H groups in total. The number of aliphatic hydroxyl groups excluding tert-OH is 2. The van der Waals surface area contributed by atoms with E-state index in [9.17, 15) is 5.11 Å². The van der Waals surface area contributed by atoms with Gasteiger partial charge in [0.05, 0.1) is 102 Å². The quantitative estimate of drug-likeness (QED) is 0.198. The molecule has 0 saturated heterocycles. The second-order valence-corrected chi connectivity index (χ2v) is 9.30. The molecule has 212 valence electrons. The van der Waals surface area contributed by atoms with Crippen LogP contribution < -0.4 is 0 Å². The fourth-order valence-corrected chi connectivity index (χ4v) is 2.66. The molecule has 0 aromatic rings.